The van der Waals surface area contributed by atoms with Crippen LogP contribution < -0.4 is 20.7 Å². The third-order valence-electron chi connectivity index (χ3n) is 4.52. The summed E-state index contributed by atoms with van der Waals surface area (Å²) in [7, 11) is 1.54. The Bertz CT molecular complexity index is 1060. The molecule has 0 aliphatic heterocycles. The molecular formula is C22H25N5O3. The molecule has 0 saturated heterocycles. The number of para-hydroxylation sites is 1. The van der Waals surface area contributed by atoms with E-state index in [9.17, 15) is 9.59 Å². The number of ether oxygens (including phenoxy) is 1. The Morgan fingerprint density at radius 3 is 2.47 bits per heavy atom. The average Bonchev–Trinajstić information content (AvgIpc) is 3.01. The molecule has 3 aromatic rings. The molecule has 0 atom stereocenters. The van der Waals surface area contributed by atoms with Crippen LogP contribution in [0.25, 0.3) is 5.69 Å². The minimum Gasteiger partial charge on any atom is -0.495 e. The number of hydrogen-bond acceptors (Lipinski definition) is 5. The molecule has 8 nitrogen and oxygen atoms in total. The number of hydrogen-bond donors (Lipinski definition) is 3. The van der Waals surface area contributed by atoms with Crippen LogP contribution in [-0.2, 0) is 9.59 Å². The SMILES string of the molecule is COc1ccc(NC(C)=O)cc1NCC(=O)Nc1c(C)nn(-c2ccccc2)c1C. The third-order valence-corrected chi connectivity index (χ3v) is 4.52. The Morgan fingerprint density at radius 1 is 1.07 bits per heavy atom. The van der Waals surface area contributed by atoms with E-state index >= 15 is 0 Å². The first-order chi connectivity index (χ1) is 14.4. The zero-order valence-corrected chi connectivity index (χ0v) is 17.4. The van der Waals surface area contributed by atoms with Crippen molar-refractivity contribution in [3.05, 3.63) is 59.9 Å². The van der Waals surface area contributed by atoms with Gasteiger partial charge in [0.25, 0.3) is 0 Å². The van der Waals surface area contributed by atoms with Gasteiger partial charge in [0.05, 0.1) is 42.1 Å². The van der Waals surface area contributed by atoms with E-state index in [4.69, 9.17) is 4.74 Å². The molecule has 3 rings (SSSR count). The summed E-state index contributed by atoms with van der Waals surface area (Å²) in [6.45, 7) is 5.23. The van der Waals surface area contributed by atoms with Crippen molar-refractivity contribution in [1.82, 2.24) is 9.78 Å². The van der Waals surface area contributed by atoms with E-state index in [-0.39, 0.29) is 18.4 Å². The summed E-state index contributed by atoms with van der Waals surface area (Å²) < 4.78 is 7.13. The lowest BCUT2D eigenvalue weighted by Gasteiger charge is -2.13. The number of benzene rings is 2. The quantitative estimate of drug-likeness (QED) is 0.557. The monoisotopic (exact) mass is 407 g/mol. The molecule has 1 aromatic heterocycles. The molecule has 0 unspecified atom stereocenters. The second-order valence-electron chi connectivity index (χ2n) is 6.79. The van der Waals surface area contributed by atoms with Crippen LogP contribution >= 0.6 is 0 Å². The van der Waals surface area contributed by atoms with E-state index in [1.165, 1.54) is 6.92 Å². The van der Waals surface area contributed by atoms with Crippen LogP contribution in [-0.4, -0.2) is 35.2 Å². The fraction of sp³-hybridized carbons (Fsp3) is 0.227. The lowest BCUT2D eigenvalue weighted by Crippen LogP contribution is -2.22. The number of nitrogens with zero attached hydrogens (tertiary/aromatic N) is 2. The second-order valence-corrected chi connectivity index (χ2v) is 6.79. The van der Waals surface area contributed by atoms with Gasteiger partial charge in [-0.15, -0.1) is 0 Å². The predicted octanol–water partition coefficient (Wildman–Crippen LogP) is 3.51. The maximum Gasteiger partial charge on any atom is 0.243 e. The smallest absolute Gasteiger partial charge is 0.243 e. The second kappa shape index (κ2) is 9.13. The van der Waals surface area contributed by atoms with Gasteiger partial charge >= 0.3 is 0 Å². The molecule has 0 bridgehead atoms. The summed E-state index contributed by atoms with van der Waals surface area (Å²) in [6.07, 6.45) is 0. The first-order valence-corrected chi connectivity index (χ1v) is 9.50. The Hall–Kier alpha value is -3.81. The van der Waals surface area contributed by atoms with Gasteiger partial charge in [0, 0.05) is 12.6 Å². The number of aromatic nitrogens is 2. The normalized spacial score (nSPS) is 10.4. The van der Waals surface area contributed by atoms with Crippen molar-refractivity contribution >= 4 is 28.9 Å². The van der Waals surface area contributed by atoms with E-state index in [0.29, 0.717) is 22.8 Å². The van der Waals surface area contributed by atoms with Crippen LogP contribution in [0.5, 0.6) is 5.75 Å². The number of aryl methyl sites for hydroxylation is 1. The van der Waals surface area contributed by atoms with Crippen molar-refractivity contribution in [3.8, 4) is 11.4 Å². The van der Waals surface area contributed by atoms with Crippen molar-refractivity contribution in [1.29, 1.82) is 0 Å². The fourth-order valence-corrected chi connectivity index (χ4v) is 3.13. The fourth-order valence-electron chi connectivity index (χ4n) is 3.13. The molecule has 0 fully saturated rings. The molecule has 0 aliphatic rings. The van der Waals surface area contributed by atoms with E-state index in [1.807, 2.05) is 44.2 Å². The van der Waals surface area contributed by atoms with Crippen molar-refractivity contribution in [2.75, 3.05) is 29.6 Å². The molecule has 3 N–H and O–H groups in total. The van der Waals surface area contributed by atoms with Gasteiger partial charge in [0.2, 0.25) is 11.8 Å². The number of methoxy groups -OCH3 is 1. The van der Waals surface area contributed by atoms with Crippen LogP contribution in [0.4, 0.5) is 17.1 Å². The van der Waals surface area contributed by atoms with Crippen LogP contribution in [0.3, 0.4) is 0 Å². The highest BCUT2D eigenvalue weighted by Gasteiger charge is 2.15. The Labute approximate surface area is 175 Å². The van der Waals surface area contributed by atoms with Crippen LogP contribution in [0.1, 0.15) is 18.3 Å². The number of anilines is 3. The molecule has 0 radical (unpaired) electrons. The molecule has 156 valence electrons. The Kier molecular flexibility index (Phi) is 6.36. The summed E-state index contributed by atoms with van der Waals surface area (Å²) in [5.41, 5.74) is 4.41. The highest BCUT2D eigenvalue weighted by molar-refractivity contribution is 5.95. The maximum absolute atomic E-state index is 12.6. The van der Waals surface area contributed by atoms with E-state index in [0.717, 1.165) is 17.1 Å². The van der Waals surface area contributed by atoms with Crippen molar-refractivity contribution < 1.29 is 14.3 Å². The molecule has 2 aromatic carbocycles. The topological polar surface area (TPSA) is 97.3 Å². The summed E-state index contributed by atoms with van der Waals surface area (Å²) in [4.78, 5) is 23.9. The molecule has 0 aliphatic carbocycles. The van der Waals surface area contributed by atoms with E-state index in [2.05, 4.69) is 21.0 Å². The number of carbonyl (C=O) groups excluding carboxylic acids is 2. The number of nitrogens with one attached hydrogen (secondary N) is 3. The third kappa shape index (κ3) is 4.78. The van der Waals surface area contributed by atoms with Gasteiger partial charge in [0.1, 0.15) is 5.75 Å². The largest absolute Gasteiger partial charge is 0.495 e. The van der Waals surface area contributed by atoms with Gasteiger partial charge in [-0.1, -0.05) is 18.2 Å². The van der Waals surface area contributed by atoms with Crippen LogP contribution in [0, 0.1) is 13.8 Å². The summed E-state index contributed by atoms with van der Waals surface area (Å²) in [6, 6.07) is 14.9. The minimum atomic E-state index is -0.221. The average molecular weight is 407 g/mol. The highest BCUT2D eigenvalue weighted by atomic mass is 16.5. The molecule has 30 heavy (non-hydrogen) atoms. The molecule has 2 amide bonds. The zero-order chi connectivity index (χ0) is 21.7. The predicted molar refractivity (Wildman–Crippen MR) is 117 cm³/mol. The number of rotatable bonds is 7. The minimum absolute atomic E-state index is 0.0231. The summed E-state index contributed by atoms with van der Waals surface area (Å²) >= 11 is 0. The van der Waals surface area contributed by atoms with E-state index < -0.39 is 0 Å². The van der Waals surface area contributed by atoms with Crippen LogP contribution in [0.2, 0.25) is 0 Å². The molecule has 8 heteroatoms. The Balaban J connectivity index is 1.71. The van der Waals surface area contributed by atoms with E-state index in [1.54, 1.807) is 30.0 Å². The first kappa shape index (κ1) is 20.9. The number of carbonyl (C=O) groups is 2. The van der Waals surface area contributed by atoms with Gasteiger partial charge in [0.15, 0.2) is 0 Å². The van der Waals surface area contributed by atoms with Crippen LogP contribution in [0.15, 0.2) is 48.5 Å². The lowest BCUT2D eigenvalue weighted by molar-refractivity contribution is -0.115. The van der Waals surface area contributed by atoms with Gasteiger partial charge < -0.3 is 20.7 Å². The molecule has 1 heterocycles. The zero-order valence-electron chi connectivity index (χ0n) is 17.4. The highest BCUT2D eigenvalue weighted by Crippen LogP contribution is 2.28. The summed E-state index contributed by atoms with van der Waals surface area (Å²) in [5.74, 6) is 0.173. The van der Waals surface area contributed by atoms with Gasteiger partial charge in [-0.2, -0.15) is 5.10 Å². The standard InChI is InChI=1S/C22H25N5O3/c1-14-22(15(2)27(26-14)18-8-6-5-7-9-18)25-21(29)13-23-19-12-17(24-16(3)28)10-11-20(19)30-4/h5-12,23H,13H2,1-4H3,(H,24,28)(H,25,29). The molecular weight excluding hydrogens is 382 g/mol. The van der Waals surface area contributed by atoms with Gasteiger partial charge in [-0.3, -0.25) is 9.59 Å². The molecule has 0 saturated carbocycles. The first-order valence-electron chi connectivity index (χ1n) is 9.50. The lowest BCUT2D eigenvalue weighted by atomic mass is 10.2. The summed E-state index contributed by atoms with van der Waals surface area (Å²) in [5, 5.41) is 13.2. The van der Waals surface area contributed by atoms with Gasteiger partial charge in [-0.25, -0.2) is 4.68 Å². The van der Waals surface area contributed by atoms with Crippen molar-refractivity contribution in [2.24, 2.45) is 0 Å². The van der Waals surface area contributed by atoms with Gasteiger partial charge in [-0.05, 0) is 44.2 Å². The maximum atomic E-state index is 12.6. The molecule has 0 spiro atoms. The Morgan fingerprint density at radius 2 is 1.80 bits per heavy atom. The van der Waals surface area contributed by atoms with Crippen molar-refractivity contribution in [2.45, 2.75) is 20.8 Å². The number of amides is 2. The van der Waals surface area contributed by atoms with Crippen molar-refractivity contribution in [3.63, 3.8) is 0 Å².